The van der Waals surface area contributed by atoms with E-state index >= 15 is 0 Å². The molecule has 0 unspecified atom stereocenters. The lowest BCUT2D eigenvalue weighted by Gasteiger charge is -2.34. The Morgan fingerprint density at radius 1 is 1.04 bits per heavy atom. The van der Waals surface area contributed by atoms with Gasteiger partial charge in [0, 0.05) is 51.2 Å². The summed E-state index contributed by atoms with van der Waals surface area (Å²) in [5.41, 5.74) is 2.26. The summed E-state index contributed by atoms with van der Waals surface area (Å²) in [4.78, 5) is 21.5. The summed E-state index contributed by atoms with van der Waals surface area (Å²) in [7, 11) is 1.99. The number of piperazine rings is 1. The summed E-state index contributed by atoms with van der Waals surface area (Å²) in [5, 5.41) is 0. The highest BCUT2D eigenvalue weighted by Crippen LogP contribution is 2.22. The number of benzene rings is 2. The summed E-state index contributed by atoms with van der Waals surface area (Å²) in [6.07, 6.45) is 3.75. The highest BCUT2D eigenvalue weighted by molar-refractivity contribution is 5.95. The molecule has 0 bridgehead atoms. The van der Waals surface area contributed by atoms with Crippen LogP contribution < -0.4 is 0 Å². The first-order chi connectivity index (χ1) is 13.6. The van der Waals surface area contributed by atoms with Crippen LogP contribution in [0.25, 0.3) is 11.1 Å². The molecule has 28 heavy (non-hydrogen) atoms. The monoisotopic (exact) mass is 378 g/mol. The van der Waals surface area contributed by atoms with E-state index < -0.39 is 0 Å². The maximum atomic E-state index is 13.5. The van der Waals surface area contributed by atoms with E-state index in [0.29, 0.717) is 18.7 Å². The molecule has 0 N–H and O–H groups in total. The Morgan fingerprint density at radius 3 is 2.43 bits per heavy atom. The Balaban J connectivity index is 1.41. The van der Waals surface area contributed by atoms with Crippen molar-refractivity contribution in [1.29, 1.82) is 0 Å². The molecule has 0 saturated carbocycles. The van der Waals surface area contributed by atoms with Crippen molar-refractivity contribution in [2.75, 3.05) is 26.2 Å². The van der Waals surface area contributed by atoms with E-state index in [0.717, 1.165) is 36.6 Å². The predicted molar refractivity (Wildman–Crippen MR) is 106 cm³/mol. The van der Waals surface area contributed by atoms with Crippen molar-refractivity contribution in [1.82, 2.24) is 19.4 Å². The van der Waals surface area contributed by atoms with Gasteiger partial charge in [0.15, 0.2) is 0 Å². The molecule has 6 heteroatoms. The average molecular weight is 378 g/mol. The molecule has 1 fully saturated rings. The molecule has 0 atom stereocenters. The van der Waals surface area contributed by atoms with Crippen LogP contribution in [-0.2, 0) is 13.6 Å². The molecule has 5 nitrogen and oxygen atoms in total. The van der Waals surface area contributed by atoms with E-state index in [2.05, 4.69) is 9.88 Å². The molecular weight excluding hydrogens is 355 g/mol. The van der Waals surface area contributed by atoms with Crippen LogP contribution in [0.2, 0.25) is 0 Å². The van der Waals surface area contributed by atoms with Crippen LogP contribution in [0.15, 0.2) is 60.9 Å². The summed E-state index contributed by atoms with van der Waals surface area (Å²) < 4.78 is 15.5. The van der Waals surface area contributed by atoms with Gasteiger partial charge in [0.1, 0.15) is 11.6 Å². The SMILES string of the molecule is Cn1ccnc1CN1CCN(C(=O)c2cccc(-c3cccc(F)c3)c2)CC1. The molecule has 1 aromatic heterocycles. The van der Waals surface area contributed by atoms with Crippen LogP contribution in [0.5, 0.6) is 0 Å². The zero-order chi connectivity index (χ0) is 19.5. The third kappa shape index (κ3) is 3.97. The van der Waals surface area contributed by atoms with E-state index in [9.17, 15) is 9.18 Å². The second-order valence-electron chi connectivity index (χ2n) is 7.11. The minimum Gasteiger partial charge on any atom is -0.337 e. The number of carbonyl (C=O) groups excluding carboxylic acids is 1. The Kier molecular flexibility index (Phi) is 5.21. The van der Waals surface area contributed by atoms with Crippen LogP contribution in [0.4, 0.5) is 4.39 Å². The second-order valence-corrected chi connectivity index (χ2v) is 7.11. The van der Waals surface area contributed by atoms with Crippen LogP contribution in [-0.4, -0.2) is 51.4 Å². The summed E-state index contributed by atoms with van der Waals surface area (Å²) in [5.74, 6) is 0.774. The minimum atomic E-state index is -0.280. The van der Waals surface area contributed by atoms with Crippen LogP contribution in [0.1, 0.15) is 16.2 Å². The molecule has 144 valence electrons. The fourth-order valence-electron chi connectivity index (χ4n) is 3.54. The Hall–Kier alpha value is -2.99. The number of hydrogen-bond donors (Lipinski definition) is 0. The second kappa shape index (κ2) is 7.94. The molecule has 1 aliphatic rings. The first-order valence-electron chi connectivity index (χ1n) is 9.44. The van der Waals surface area contributed by atoms with Crippen molar-refractivity contribution in [3.8, 4) is 11.1 Å². The third-order valence-corrected chi connectivity index (χ3v) is 5.21. The lowest BCUT2D eigenvalue weighted by atomic mass is 10.0. The standard InChI is InChI=1S/C22H23FN4O/c1-25-9-8-24-21(25)16-26-10-12-27(13-11-26)22(28)19-6-2-4-17(14-19)18-5-3-7-20(23)15-18/h2-9,14-15H,10-13,16H2,1H3. The molecule has 2 aromatic carbocycles. The number of carbonyl (C=O) groups is 1. The molecule has 0 spiro atoms. The van der Waals surface area contributed by atoms with Crippen molar-refractivity contribution in [3.05, 3.63) is 78.1 Å². The molecule has 3 aromatic rings. The van der Waals surface area contributed by atoms with E-state index in [4.69, 9.17) is 0 Å². The van der Waals surface area contributed by atoms with Gasteiger partial charge in [-0.25, -0.2) is 9.37 Å². The fourth-order valence-corrected chi connectivity index (χ4v) is 3.54. The zero-order valence-electron chi connectivity index (χ0n) is 15.9. The lowest BCUT2D eigenvalue weighted by Crippen LogP contribution is -2.48. The number of amides is 1. The van der Waals surface area contributed by atoms with Crippen molar-refractivity contribution in [2.24, 2.45) is 7.05 Å². The maximum absolute atomic E-state index is 13.5. The first kappa shape index (κ1) is 18.4. The van der Waals surface area contributed by atoms with Gasteiger partial charge in [0.05, 0.1) is 6.54 Å². The average Bonchev–Trinajstić information content (AvgIpc) is 3.12. The van der Waals surface area contributed by atoms with Gasteiger partial charge in [-0.2, -0.15) is 0 Å². The summed E-state index contributed by atoms with van der Waals surface area (Å²) in [6.45, 7) is 3.81. The minimum absolute atomic E-state index is 0.0231. The van der Waals surface area contributed by atoms with Crippen molar-refractivity contribution in [2.45, 2.75) is 6.54 Å². The summed E-state index contributed by atoms with van der Waals surface area (Å²) >= 11 is 0. The van der Waals surface area contributed by atoms with E-state index in [-0.39, 0.29) is 11.7 Å². The molecular formula is C22H23FN4O. The fraction of sp³-hybridized carbons (Fsp3) is 0.273. The quantitative estimate of drug-likeness (QED) is 0.700. The van der Waals surface area contributed by atoms with Gasteiger partial charge in [-0.05, 0) is 35.4 Å². The van der Waals surface area contributed by atoms with Gasteiger partial charge in [-0.1, -0.05) is 24.3 Å². The third-order valence-electron chi connectivity index (χ3n) is 5.21. The number of aryl methyl sites for hydroxylation is 1. The summed E-state index contributed by atoms with van der Waals surface area (Å²) in [6, 6.07) is 13.9. The Labute approximate surface area is 164 Å². The van der Waals surface area contributed by atoms with Gasteiger partial charge in [-0.15, -0.1) is 0 Å². The molecule has 0 radical (unpaired) electrons. The van der Waals surface area contributed by atoms with Crippen molar-refractivity contribution >= 4 is 5.91 Å². The predicted octanol–water partition coefficient (Wildman–Crippen LogP) is 3.18. The Bertz CT molecular complexity index is 976. The van der Waals surface area contributed by atoms with Crippen LogP contribution in [0.3, 0.4) is 0 Å². The molecule has 1 aliphatic heterocycles. The van der Waals surface area contributed by atoms with Crippen molar-refractivity contribution < 1.29 is 9.18 Å². The topological polar surface area (TPSA) is 41.4 Å². The normalized spacial score (nSPS) is 15.0. The molecule has 2 heterocycles. The lowest BCUT2D eigenvalue weighted by molar-refractivity contribution is 0.0624. The van der Waals surface area contributed by atoms with E-state index in [1.54, 1.807) is 12.3 Å². The molecule has 0 aliphatic carbocycles. The van der Waals surface area contributed by atoms with Crippen LogP contribution in [0, 0.1) is 5.82 Å². The van der Waals surface area contributed by atoms with E-state index in [1.165, 1.54) is 12.1 Å². The van der Waals surface area contributed by atoms with Gasteiger partial charge >= 0.3 is 0 Å². The van der Waals surface area contributed by atoms with Gasteiger partial charge in [0.2, 0.25) is 0 Å². The molecule has 4 rings (SSSR count). The highest BCUT2D eigenvalue weighted by Gasteiger charge is 2.23. The zero-order valence-corrected chi connectivity index (χ0v) is 15.9. The van der Waals surface area contributed by atoms with Gasteiger partial charge in [0.25, 0.3) is 5.91 Å². The van der Waals surface area contributed by atoms with Gasteiger partial charge < -0.3 is 9.47 Å². The Morgan fingerprint density at radius 2 is 1.75 bits per heavy atom. The number of rotatable bonds is 4. The highest BCUT2D eigenvalue weighted by atomic mass is 19.1. The number of halogens is 1. The number of aromatic nitrogens is 2. The smallest absolute Gasteiger partial charge is 0.253 e. The van der Waals surface area contributed by atoms with Crippen LogP contribution >= 0.6 is 0 Å². The number of hydrogen-bond acceptors (Lipinski definition) is 3. The number of nitrogens with zero attached hydrogens (tertiary/aromatic N) is 4. The largest absolute Gasteiger partial charge is 0.337 e. The van der Waals surface area contributed by atoms with E-state index in [1.807, 2.05) is 53.0 Å². The number of imidazole rings is 1. The van der Waals surface area contributed by atoms with Gasteiger partial charge in [-0.3, -0.25) is 9.69 Å². The maximum Gasteiger partial charge on any atom is 0.253 e. The first-order valence-corrected chi connectivity index (χ1v) is 9.44. The van der Waals surface area contributed by atoms with Crippen molar-refractivity contribution in [3.63, 3.8) is 0 Å². The molecule has 1 amide bonds. The molecule has 1 saturated heterocycles.